The van der Waals surface area contributed by atoms with Gasteiger partial charge in [-0.3, -0.25) is 10.2 Å². The highest BCUT2D eigenvalue weighted by Gasteiger charge is 2.06. The fourth-order valence-corrected chi connectivity index (χ4v) is 1.37. The fourth-order valence-electron chi connectivity index (χ4n) is 1.37. The Hall–Kier alpha value is -2.16. The zero-order valence-corrected chi connectivity index (χ0v) is 8.97. The second kappa shape index (κ2) is 4.57. The molecule has 80 valence electrons. The Kier molecular flexibility index (Phi) is 2.96. The van der Waals surface area contributed by atoms with Crippen molar-refractivity contribution < 1.29 is 4.79 Å². The Morgan fingerprint density at radius 3 is 2.62 bits per heavy atom. The molecular weight excluding hydrogens is 200 g/mol. The molecule has 0 saturated heterocycles. The van der Waals surface area contributed by atoms with E-state index in [1.54, 1.807) is 18.2 Å². The predicted octanol–water partition coefficient (Wildman–Crippen LogP) is 2.46. The first-order valence-corrected chi connectivity index (χ1v) is 5.06. The number of anilines is 1. The van der Waals surface area contributed by atoms with Gasteiger partial charge in [-0.25, -0.2) is 0 Å². The highest BCUT2D eigenvalue weighted by atomic mass is 16.1. The van der Waals surface area contributed by atoms with Gasteiger partial charge < -0.3 is 0 Å². The molecule has 0 aliphatic heterocycles. The molecule has 1 aliphatic rings. The van der Waals surface area contributed by atoms with E-state index in [0.29, 0.717) is 5.71 Å². The minimum Gasteiger partial charge on any atom is -0.287 e. The van der Waals surface area contributed by atoms with E-state index in [1.165, 1.54) is 6.08 Å². The van der Waals surface area contributed by atoms with Crippen LogP contribution in [0.4, 0.5) is 5.69 Å². The summed E-state index contributed by atoms with van der Waals surface area (Å²) < 4.78 is 0. The van der Waals surface area contributed by atoms with Gasteiger partial charge in [0.2, 0.25) is 5.78 Å². The Morgan fingerprint density at radius 1 is 1.12 bits per heavy atom. The van der Waals surface area contributed by atoms with Crippen molar-refractivity contribution in [1.29, 1.82) is 0 Å². The molecule has 3 heteroatoms. The topological polar surface area (TPSA) is 41.5 Å². The van der Waals surface area contributed by atoms with Gasteiger partial charge in [-0.1, -0.05) is 30.4 Å². The summed E-state index contributed by atoms with van der Waals surface area (Å²) in [5, 5.41) is 4.07. The van der Waals surface area contributed by atoms with Gasteiger partial charge in [0.1, 0.15) is 5.71 Å². The minimum atomic E-state index is -0.0800. The van der Waals surface area contributed by atoms with Crippen molar-refractivity contribution in [3.63, 3.8) is 0 Å². The molecule has 16 heavy (non-hydrogen) atoms. The number of hydrazone groups is 1. The van der Waals surface area contributed by atoms with Crippen molar-refractivity contribution in [2.45, 2.75) is 6.92 Å². The van der Waals surface area contributed by atoms with Crippen LogP contribution in [0.2, 0.25) is 0 Å². The van der Waals surface area contributed by atoms with Crippen LogP contribution in [0.15, 0.2) is 53.7 Å². The molecule has 0 aromatic heterocycles. The molecule has 0 spiro atoms. The summed E-state index contributed by atoms with van der Waals surface area (Å²) in [5.41, 5.74) is 5.32. The van der Waals surface area contributed by atoms with E-state index in [1.807, 2.05) is 31.2 Å². The van der Waals surface area contributed by atoms with Crippen LogP contribution >= 0.6 is 0 Å². The zero-order valence-electron chi connectivity index (χ0n) is 8.97. The Labute approximate surface area is 94.2 Å². The van der Waals surface area contributed by atoms with E-state index >= 15 is 0 Å². The van der Waals surface area contributed by atoms with Gasteiger partial charge in [0.15, 0.2) is 0 Å². The van der Waals surface area contributed by atoms with Crippen molar-refractivity contribution in [2.75, 3.05) is 5.43 Å². The van der Waals surface area contributed by atoms with Crippen LogP contribution in [0.5, 0.6) is 0 Å². The van der Waals surface area contributed by atoms with Gasteiger partial charge in [0, 0.05) is 0 Å². The molecule has 1 aromatic rings. The van der Waals surface area contributed by atoms with E-state index in [2.05, 4.69) is 10.5 Å². The third kappa shape index (κ3) is 2.25. The van der Waals surface area contributed by atoms with Crippen LogP contribution in [0.25, 0.3) is 0 Å². The lowest BCUT2D eigenvalue weighted by atomic mass is 10.1. The van der Waals surface area contributed by atoms with Crippen LogP contribution in [-0.2, 0) is 4.79 Å². The lowest BCUT2D eigenvalue weighted by molar-refractivity contribution is -0.108. The number of carbonyl (C=O) groups is 1. The standard InChI is InChI=1S/C13H12N2O/c1-10-6-2-3-7-11(10)14-15-12-8-4-5-9-13(12)16/h2-9,14H,1H3/b15-12-. The van der Waals surface area contributed by atoms with Crippen molar-refractivity contribution in [3.05, 3.63) is 54.1 Å². The normalized spacial score (nSPS) is 16.8. The first-order chi connectivity index (χ1) is 7.77. The number of aryl methyl sites for hydroxylation is 1. The first kappa shape index (κ1) is 10.4. The smallest absolute Gasteiger partial charge is 0.205 e. The fraction of sp³-hybridized carbons (Fsp3) is 0.0769. The van der Waals surface area contributed by atoms with Gasteiger partial charge >= 0.3 is 0 Å². The van der Waals surface area contributed by atoms with E-state index in [9.17, 15) is 4.79 Å². The summed E-state index contributed by atoms with van der Waals surface area (Å²) >= 11 is 0. The maximum atomic E-state index is 11.4. The summed E-state index contributed by atoms with van der Waals surface area (Å²) in [5.74, 6) is -0.0800. The average molecular weight is 212 g/mol. The first-order valence-electron chi connectivity index (χ1n) is 5.06. The Bertz CT molecular complexity index is 498. The number of rotatable bonds is 2. The number of nitrogens with zero attached hydrogens (tertiary/aromatic N) is 1. The Morgan fingerprint density at radius 2 is 1.88 bits per heavy atom. The van der Waals surface area contributed by atoms with Crippen LogP contribution < -0.4 is 5.43 Å². The van der Waals surface area contributed by atoms with Crippen molar-refractivity contribution in [2.24, 2.45) is 5.10 Å². The lowest BCUT2D eigenvalue weighted by Gasteiger charge is -2.05. The van der Waals surface area contributed by atoms with E-state index in [4.69, 9.17) is 0 Å². The molecule has 0 unspecified atom stereocenters. The van der Waals surface area contributed by atoms with Crippen LogP contribution in [0.1, 0.15) is 5.56 Å². The number of hydrogen-bond acceptors (Lipinski definition) is 3. The van der Waals surface area contributed by atoms with Gasteiger partial charge in [-0.15, -0.1) is 0 Å². The largest absolute Gasteiger partial charge is 0.287 e. The molecule has 1 N–H and O–H groups in total. The van der Waals surface area contributed by atoms with E-state index in [0.717, 1.165) is 11.3 Å². The van der Waals surface area contributed by atoms with Crippen LogP contribution in [0, 0.1) is 6.92 Å². The molecule has 0 heterocycles. The van der Waals surface area contributed by atoms with Gasteiger partial charge in [-0.05, 0) is 30.7 Å². The second-order valence-corrected chi connectivity index (χ2v) is 3.51. The number of nitrogens with one attached hydrogen (secondary N) is 1. The summed E-state index contributed by atoms with van der Waals surface area (Å²) in [6.07, 6.45) is 6.68. The minimum absolute atomic E-state index is 0.0800. The van der Waals surface area contributed by atoms with Gasteiger partial charge in [-0.2, -0.15) is 5.10 Å². The number of ketones is 1. The van der Waals surface area contributed by atoms with Gasteiger partial charge in [0.05, 0.1) is 5.69 Å². The molecule has 1 aliphatic carbocycles. The molecular formula is C13H12N2O. The third-order valence-electron chi connectivity index (χ3n) is 2.31. The summed E-state index contributed by atoms with van der Waals surface area (Å²) in [6.45, 7) is 1.99. The van der Waals surface area contributed by atoms with E-state index in [-0.39, 0.29) is 5.78 Å². The summed E-state index contributed by atoms with van der Waals surface area (Å²) in [7, 11) is 0. The number of carbonyl (C=O) groups excluding carboxylic acids is 1. The average Bonchev–Trinajstić information content (AvgIpc) is 2.30. The molecule has 0 amide bonds. The molecule has 1 aromatic carbocycles. The summed E-state index contributed by atoms with van der Waals surface area (Å²) in [4.78, 5) is 11.4. The maximum Gasteiger partial charge on any atom is 0.205 e. The quantitative estimate of drug-likeness (QED) is 0.604. The monoisotopic (exact) mass is 212 g/mol. The molecule has 0 bridgehead atoms. The molecule has 0 radical (unpaired) electrons. The zero-order chi connectivity index (χ0) is 11.4. The lowest BCUT2D eigenvalue weighted by Crippen LogP contribution is -2.12. The van der Waals surface area contributed by atoms with E-state index < -0.39 is 0 Å². The SMILES string of the molecule is Cc1ccccc1N/N=C1/C=CC=CC1=O. The number of para-hydroxylation sites is 1. The third-order valence-corrected chi connectivity index (χ3v) is 2.31. The summed E-state index contributed by atoms with van der Waals surface area (Å²) in [6, 6.07) is 7.79. The highest BCUT2D eigenvalue weighted by Crippen LogP contribution is 2.13. The molecule has 0 saturated carbocycles. The van der Waals surface area contributed by atoms with Crippen molar-refractivity contribution in [1.82, 2.24) is 0 Å². The number of hydrogen-bond donors (Lipinski definition) is 1. The highest BCUT2D eigenvalue weighted by molar-refractivity contribution is 6.48. The van der Waals surface area contributed by atoms with Crippen molar-refractivity contribution in [3.8, 4) is 0 Å². The van der Waals surface area contributed by atoms with Crippen LogP contribution in [0.3, 0.4) is 0 Å². The van der Waals surface area contributed by atoms with Crippen LogP contribution in [-0.4, -0.2) is 11.5 Å². The molecule has 2 rings (SSSR count). The second-order valence-electron chi connectivity index (χ2n) is 3.51. The molecule has 3 nitrogen and oxygen atoms in total. The molecule has 0 atom stereocenters. The van der Waals surface area contributed by atoms with Crippen molar-refractivity contribution >= 4 is 17.2 Å². The number of benzene rings is 1. The van der Waals surface area contributed by atoms with Gasteiger partial charge in [0.25, 0.3) is 0 Å². The predicted molar refractivity (Wildman–Crippen MR) is 65.5 cm³/mol. The molecule has 0 fully saturated rings. The number of allylic oxidation sites excluding steroid dienone is 4. The maximum absolute atomic E-state index is 11.4. The Balaban J connectivity index is 2.15.